The molecule has 4 nitrogen and oxygen atoms in total. The van der Waals surface area contributed by atoms with Gasteiger partial charge in [-0.15, -0.1) is 0 Å². The Balaban J connectivity index is 1.90. The predicted molar refractivity (Wildman–Crippen MR) is 81.3 cm³/mol. The third kappa shape index (κ3) is 4.35. The molecule has 0 aliphatic heterocycles. The van der Waals surface area contributed by atoms with E-state index in [1.807, 2.05) is 0 Å². The van der Waals surface area contributed by atoms with Crippen molar-refractivity contribution in [3.63, 3.8) is 0 Å². The van der Waals surface area contributed by atoms with Gasteiger partial charge in [0.1, 0.15) is 23.9 Å². The summed E-state index contributed by atoms with van der Waals surface area (Å²) in [5.74, 6) is 0.952. The van der Waals surface area contributed by atoms with Gasteiger partial charge in [-0.05, 0) is 42.8 Å². The van der Waals surface area contributed by atoms with Gasteiger partial charge in [-0.25, -0.2) is 4.39 Å². The van der Waals surface area contributed by atoms with Gasteiger partial charge in [0.15, 0.2) is 5.76 Å². The quantitative estimate of drug-likeness (QED) is 0.780. The number of carbonyl (C=O) groups is 1. The van der Waals surface area contributed by atoms with Gasteiger partial charge in [0.25, 0.3) is 5.91 Å². The summed E-state index contributed by atoms with van der Waals surface area (Å²) in [6.07, 6.45) is 2.00. The molecule has 0 radical (unpaired) electrons. The van der Waals surface area contributed by atoms with E-state index >= 15 is 0 Å². The number of furan rings is 1. The van der Waals surface area contributed by atoms with Crippen molar-refractivity contribution in [2.24, 2.45) is 0 Å². The summed E-state index contributed by atoms with van der Waals surface area (Å²) < 4.78 is 23.8. The molecule has 1 aromatic carbocycles. The largest absolute Gasteiger partial charge is 0.486 e. The minimum absolute atomic E-state index is 0.138. The Morgan fingerprint density at radius 3 is 2.64 bits per heavy atom. The maximum Gasteiger partial charge on any atom is 0.289 e. The van der Waals surface area contributed by atoms with Crippen LogP contribution in [0.1, 0.15) is 36.1 Å². The van der Waals surface area contributed by atoms with Crippen molar-refractivity contribution >= 4 is 5.91 Å². The van der Waals surface area contributed by atoms with Crippen LogP contribution >= 0.6 is 0 Å². The molecule has 1 aromatic heterocycles. The Morgan fingerprint density at radius 1 is 1.23 bits per heavy atom. The van der Waals surface area contributed by atoms with Crippen LogP contribution in [-0.4, -0.2) is 24.4 Å². The Hall–Kier alpha value is -2.30. The first kappa shape index (κ1) is 16.1. The van der Waals surface area contributed by atoms with E-state index in [0.717, 1.165) is 12.8 Å². The molecular formula is C17H20FNO3. The van der Waals surface area contributed by atoms with E-state index in [1.165, 1.54) is 12.1 Å². The second-order valence-electron chi connectivity index (χ2n) is 5.09. The molecule has 0 saturated heterocycles. The van der Waals surface area contributed by atoms with E-state index in [-0.39, 0.29) is 18.3 Å². The fourth-order valence-corrected chi connectivity index (χ4v) is 1.94. The number of benzene rings is 1. The third-order valence-corrected chi connectivity index (χ3v) is 3.26. The molecule has 0 N–H and O–H groups in total. The van der Waals surface area contributed by atoms with Crippen molar-refractivity contribution < 1.29 is 18.3 Å². The Bertz CT molecular complexity index is 607. The van der Waals surface area contributed by atoms with Crippen LogP contribution in [0.3, 0.4) is 0 Å². The van der Waals surface area contributed by atoms with Crippen LogP contribution in [0.5, 0.6) is 5.75 Å². The SMILES string of the molecule is CCCCN(C)C(=O)c1ccc(COc2ccc(F)cc2)o1. The molecule has 0 saturated carbocycles. The standard InChI is InChI=1S/C17H20FNO3/c1-3-4-11-19(2)17(20)16-10-9-15(22-16)12-21-14-7-5-13(18)6-8-14/h5-10H,3-4,11-12H2,1-2H3. The van der Waals surface area contributed by atoms with Gasteiger partial charge < -0.3 is 14.1 Å². The number of ether oxygens (including phenoxy) is 1. The van der Waals surface area contributed by atoms with Gasteiger partial charge in [-0.2, -0.15) is 0 Å². The third-order valence-electron chi connectivity index (χ3n) is 3.26. The van der Waals surface area contributed by atoms with Crippen molar-refractivity contribution in [2.45, 2.75) is 26.4 Å². The molecule has 22 heavy (non-hydrogen) atoms. The Morgan fingerprint density at radius 2 is 1.95 bits per heavy atom. The van der Waals surface area contributed by atoms with E-state index in [1.54, 1.807) is 36.2 Å². The monoisotopic (exact) mass is 305 g/mol. The van der Waals surface area contributed by atoms with Gasteiger partial charge in [-0.3, -0.25) is 4.79 Å². The zero-order valence-electron chi connectivity index (χ0n) is 12.8. The lowest BCUT2D eigenvalue weighted by Gasteiger charge is -2.14. The van der Waals surface area contributed by atoms with E-state index in [4.69, 9.17) is 9.15 Å². The average Bonchev–Trinajstić information content (AvgIpc) is 3.00. The first-order valence-corrected chi connectivity index (χ1v) is 7.32. The molecular weight excluding hydrogens is 285 g/mol. The van der Waals surface area contributed by atoms with Gasteiger partial charge in [0.2, 0.25) is 0 Å². The fourth-order valence-electron chi connectivity index (χ4n) is 1.94. The molecule has 2 aromatic rings. The maximum absolute atomic E-state index is 12.8. The summed E-state index contributed by atoms with van der Waals surface area (Å²) in [7, 11) is 1.76. The minimum Gasteiger partial charge on any atom is -0.486 e. The predicted octanol–water partition coefficient (Wildman–Crippen LogP) is 3.87. The van der Waals surface area contributed by atoms with Crippen molar-refractivity contribution in [3.05, 3.63) is 53.7 Å². The molecule has 1 heterocycles. The molecule has 0 aliphatic carbocycles. The van der Waals surface area contributed by atoms with Gasteiger partial charge in [0, 0.05) is 13.6 Å². The number of hydrogen-bond acceptors (Lipinski definition) is 3. The number of hydrogen-bond donors (Lipinski definition) is 0. The maximum atomic E-state index is 12.8. The molecule has 118 valence electrons. The summed E-state index contributed by atoms with van der Waals surface area (Å²) in [6.45, 7) is 2.98. The number of rotatable bonds is 7. The summed E-state index contributed by atoms with van der Waals surface area (Å²) in [5.41, 5.74) is 0. The first-order valence-electron chi connectivity index (χ1n) is 7.32. The van der Waals surface area contributed by atoms with E-state index in [0.29, 0.717) is 23.8 Å². The lowest BCUT2D eigenvalue weighted by atomic mass is 10.3. The van der Waals surface area contributed by atoms with Crippen LogP contribution in [0.25, 0.3) is 0 Å². The van der Waals surface area contributed by atoms with Crippen molar-refractivity contribution in [1.82, 2.24) is 4.90 Å². The van der Waals surface area contributed by atoms with Crippen LogP contribution in [0.2, 0.25) is 0 Å². The molecule has 0 spiro atoms. The molecule has 0 unspecified atom stereocenters. The van der Waals surface area contributed by atoms with Gasteiger partial charge in [0.05, 0.1) is 0 Å². The zero-order chi connectivity index (χ0) is 15.9. The highest BCUT2D eigenvalue weighted by atomic mass is 19.1. The van der Waals surface area contributed by atoms with Crippen LogP contribution in [0.15, 0.2) is 40.8 Å². The molecule has 1 amide bonds. The van der Waals surface area contributed by atoms with Crippen molar-refractivity contribution in [3.8, 4) is 5.75 Å². The number of nitrogens with zero attached hydrogens (tertiary/aromatic N) is 1. The van der Waals surface area contributed by atoms with Crippen molar-refractivity contribution in [1.29, 1.82) is 0 Å². The number of amides is 1. The van der Waals surface area contributed by atoms with Crippen LogP contribution in [-0.2, 0) is 6.61 Å². The first-order chi connectivity index (χ1) is 10.6. The summed E-state index contributed by atoms with van der Waals surface area (Å²) in [4.78, 5) is 13.8. The highest BCUT2D eigenvalue weighted by molar-refractivity contribution is 5.91. The number of carbonyl (C=O) groups excluding carboxylic acids is 1. The van der Waals surface area contributed by atoms with Crippen LogP contribution < -0.4 is 4.74 Å². The average molecular weight is 305 g/mol. The topological polar surface area (TPSA) is 42.7 Å². The molecule has 0 fully saturated rings. The van der Waals surface area contributed by atoms with E-state index in [2.05, 4.69) is 6.92 Å². The summed E-state index contributed by atoms with van der Waals surface area (Å²) in [5, 5.41) is 0. The number of unbranched alkanes of at least 4 members (excludes halogenated alkanes) is 1. The Labute approximate surface area is 129 Å². The highest BCUT2D eigenvalue weighted by Crippen LogP contribution is 2.16. The van der Waals surface area contributed by atoms with E-state index in [9.17, 15) is 9.18 Å². The van der Waals surface area contributed by atoms with Crippen LogP contribution in [0, 0.1) is 5.82 Å². The zero-order valence-corrected chi connectivity index (χ0v) is 12.8. The highest BCUT2D eigenvalue weighted by Gasteiger charge is 2.15. The van der Waals surface area contributed by atoms with Gasteiger partial charge in [-0.1, -0.05) is 13.3 Å². The lowest BCUT2D eigenvalue weighted by molar-refractivity contribution is 0.0757. The van der Waals surface area contributed by atoms with Gasteiger partial charge >= 0.3 is 0 Å². The lowest BCUT2D eigenvalue weighted by Crippen LogP contribution is -2.27. The summed E-state index contributed by atoms with van der Waals surface area (Å²) in [6, 6.07) is 9.11. The molecule has 0 aliphatic rings. The van der Waals surface area contributed by atoms with Crippen LogP contribution in [0.4, 0.5) is 4.39 Å². The minimum atomic E-state index is -0.312. The molecule has 2 rings (SSSR count). The second kappa shape index (κ2) is 7.64. The summed E-state index contributed by atoms with van der Waals surface area (Å²) >= 11 is 0. The molecule has 5 heteroatoms. The Kier molecular flexibility index (Phi) is 5.58. The number of halogens is 1. The smallest absolute Gasteiger partial charge is 0.289 e. The second-order valence-corrected chi connectivity index (χ2v) is 5.09. The van der Waals surface area contributed by atoms with E-state index < -0.39 is 0 Å². The fraction of sp³-hybridized carbons (Fsp3) is 0.353. The van der Waals surface area contributed by atoms with Crippen molar-refractivity contribution in [2.75, 3.05) is 13.6 Å². The molecule has 0 atom stereocenters. The normalized spacial score (nSPS) is 10.5. The molecule has 0 bridgehead atoms.